The number of benzene rings is 1. The lowest BCUT2D eigenvalue weighted by Crippen LogP contribution is -2.51. The van der Waals surface area contributed by atoms with Crippen LogP contribution in [0.5, 0.6) is 5.75 Å². The Hall–Kier alpha value is -1.10. The van der Waals surface area contributed by atoms with Gasteiger partial charge in [-0.3, -0.25) is 0 Å². The maximum Gasteiger partial charge on any atom is 0.122 e. The van der Waals surface area contributed by atoms with Gasteiger partial charge in [0.05, 0.1) is 6.10 Å². The van der Waals surface area contributed by atoms with Crippen molar-refractivity contribution in [2.24, 2.45) is 0 Å². The van der Waals surface area contributed by atoms with Crippen LogP contribution in [0, 0.1) is 13.8 Å². The van der Waals surface area contributed by atoms with E-state index in [0.29, 0.717) is 13.2 Å². The Morgan fingerprint density at radius 2 is 2.24 bits per heavy atom. The Balaban J connectivity index is 1.80. The molecule has 0 bridgehead atoms. The molecule has 2 N–H and O–H groups in total. The third-order valence-corrected chi connectivity index (χ3v) is 4.40. The van der Waals surface area contributed by atoms with Gasteiger partial charge in [-0.15, -0.1) is 0 Å². The van der Waals surface area contributed by atoms with E-state index in [1.54, 1.807) is 0 Å². The number of hydrogen-bond donors (Lipinski definition) is 2. The van der Waals surface area contributed by atoms with Crippen LogP contribution < -0.4 is 10.1 Å². The second-order valence-electron chi connectivity index (χ2n) is 6.30. The lowest BCUT2D eigenvalue weighted by molar-refractivity contribution is 0.0685. The van der Waals surface area contributed by atoms with Crippen LogP contribution in [0.2, 0.25) is 0 Å². The molecule has 1 aliphatic rings. The first-order valence-electron chi connectivity index (χ1n) is 7.65. The van der Waals surface area contributed by atoms with Crippen molar-refractivity contribution in [2.75, 3.05) is 19.8 Å². The number of hydrogen-bond acceptors (Lipinski definition) is 4. The van der Waals surface area contributed by atoms with Crippen LogP contribution in [0.15, 0.2) is 18.2 Å². The zero-order chi connectivity index (χ0) is 15.5. The quantitative estimate of drug-likeness (QED) is 0.844. The highest BCUT2D eigenvalue weighted by Crippen LogP contribution is 2.25. The molecule has 118 valence electrons. The van der Waals surface area contributed by atoms with E-state index in [2.05, 4.69) is 25.2 Å². The molecule has 4 heteroatoms. The summed E-state index contributed by atoms with van der Waals surface area (Å²) in [5.41, 5.74) is 2.19. The highest BCUT2D eigenvalue weighted by Gasteiger charge is 2.36. The number of aryl methyl sites for hydroxylation is 2. The molecule has 1 aromatic rings. The maximum atomic E-state index is 10.1. The molecule has 1 aliphatic heterocycles. The van der Waals surface area contributed by atoms with E-state index < -0.39 is 6.10 Å². The molecular formula is C17H27NO3. The summed E-state index contributed by atoms with van der Waals surface area (Å²) in [5, 5.41) is 13.5. The van der Waals surface area contributed by atoms with Crippen molar-refractivity contribution < 1.29 is 14.6 Å². The van der Waals surface area contributed by atoms with Crippen LogP contribution in [-0.2, 0) is 4.74 Å². The number of β-amino-alcohol motifs (C(OH)–C–C–N with tert-alkyl or cyclic N) is 1. The summed E-state index contributed by atoms with van der Waals surface area (Å²) in [7, 11) is 0. The van der Waals surface area contributed by atoms with Gasteiger partial charge in [-0.1, -0.05) is 12.1 Å². The van der Waals surface area contributed by atoms with Crippen molar-refractivity contribution in [3.8, 4) is 5.75 Å². The average molecular weight is 293 g/mol. The smallest absolute Gasteiger partial charge is 0.122 e. The lowest BCUT2D eigenvalue weighted by atomic mass is 9.94. The summed E-state index contributed by atoms with van der Waals surface area (Å²) in [5.74, 6) is 0.845. The fourth-order valence-corrected chi connectivity index (χ4v) is 2.53. The number of nitrogens with one attached hydrogen (secondary N) is 1. The van der Waals surface area contributed by atoms with Gasteiger partial charge in [0, 0.05) is 18.7 Å². The fraction of sp³-hybridized carbons (Fsp3) is 0.647. The number of aliphatic hydroxyl groups excluding tert-OH is 1. The van der Waals surface area contributed by atoms with Crippen LogP contribution in [0.4, 0.5) is 0 Å². The standard InChI is InChI=1S/C17H27NO3/c1-12-5-6-13(2)16(9-12)21-11-15(19)10-18-17(4)7-8-20-14(17)3/h5-6,9,14-15,18-19H,7-8,10-11H2,1-4H3. The topological polar surface area (TPSA) is 50.7 Å². The molecule has 1 aromatic carbocycles. The number of rotatable bonds is 6. The molecule has 0 saturated carbocycles. The molecule has 2 rings (SSSR count). The minimum absolute atomic E-state index is 0.0553. The minimum Gasteiger partial charge on any atom is -0.491 e. The summed E-state index contributed by atoms with van der Waals surface area (Å²) in [6.07, 6.45) is 0.609. The predicted molar refractivity (Wildman–Crippen MR) is 83.9 cm³/mol. The highest BCUT2D eigenvalue weighted by atomic mass is 16.5. The summed E-state index contributed by atoms with van der Waals surface area (Å²) in [6.45, 7) is 9.84. The highest BCUT2D eigenvalue weighted by molar-refractivity contribution is 5.35. The van der Waals surface area contributed by atoms with E-state index in [1.165, 1.54) is 0 Å². The van der Waals surface area contributed by atoms with Crippen LogP contribution in [-0.4, -0.2) is 42.6 Å². The van der Waals surface area contributed by atoms with E-state index in [4.69, 9.17) is 9.47 Å². The van der Waals surface area contributed by atoms with Crippen molar-refractivity contribution in [3.63, 3.8) is 0 Å². The van der Waals surface area contributed by atoms with Gasteiger partial charge >= 0.3 is 0 Å². The number of ether oxygens (including phenoxy) is 2. The van der Waals surface area contributed by atoms with E-state index in [-0.39, 0.29) is 11.6 Å². The molecule has 1 heterocycles. The van der Waals surface area contributed by atoms with Gasteiger partial charge in [0.15, 0.2) is 0 Å². The monoisotopic (exact) mass is 293 g/mol. The van der Waals surface area contributed by atoms with Crippen molar-refractivity contribution >= 4 is 0 Å². The van der Waals surface area contributed by atoms with Crippen molar-refractivity contribution in [2.45, 2.75) is 51.9 Å². The molecule has 0 aromatic heterocycles. The van der Waals surface area contributed by atoms with Crippen LogP contribution >= 0.6 is 0 Å². The SMILES string of the molecule is Cc1ccc(C)c(OCC(O)CNC2(C)CCOC2C)c1. The predicted octanol–water partition coefficient (Wildman–Crippen LogP) is 2.20. The Labute approximate surface area is 127 Å². The average Bonchev–Trinajstić information content (AvgIpc) is 2.78. The van der Waals surface area contributed by atoms with E-state index in [1.807, 2.05) is 26.0 Å². The van der Waals surface area contributed by atoms with Crippen molar-refractivity contribution in [1.82, 2.24) is 5.32 Å². The van der Waals surface area contributed by atoms with Gasteiger partial charge in [0.25, 0.3) is 0 Å². The van der Waals surface area contributed by atoms with Crippen LogP contribution in [0.3, 0.4) is 0 Å². The number of aliphatic hydroxyl groups is 1. The molecule has 21 heavy (non-hydrogen) atoms. The Bertz CT molecular complexity index is 477. The molecule has 4 nitrogen and oxygen atoms in total. The van der Waals surface area contributed by atoms with Gasteiger partial charge in [-0.25, -0.2) is 0 Å². The van der Waals surface area contributed by atoms with Crippen molar-refractivity contribution in [3.05, 3.63) is 29.3 Å². The largest absolute Gasteiger partial charge is 0.491 e. The first-order valence-corrected chi connectivity index (χ1v) is 7.65. The van der Waals surface area contributed by atoms with E-state index in [9.17, 15) is 5.11 Å². The fourth-order valence-electron chi connectivity index (χ4n) is 2.53. The van der Waals surface area contributed by atoms with Crippen LogP contribution in [0.1, 0.15) is 31.4 Å². The van der Waals surface area contributed by atoms with Gasteiger partial charge in [0.2, 0.25) is 0 Å². The maximum absolute atomic E-state index is 10.1. The van der Waals surface area contributed by atoms with Gasteiger partial charge in [-0.2, -0.15) is 0 Å². The Morgan fingerprint density at radius 1 is 1.48 bits per heavy atom. The van der Waals surface area contributed by atoms with Gasteiger partial charge in [-0.05, 0) is 51.3 Å². The molecule has 0 amide bonds. The van der Waals surface area contributed by atoms with Gasteiger partial charge in [0.1, 0.15) is 18.5 Å². The van der Waals surface area contributed by atoms with E-state index in [0.717, 1.165) is 29.9 Å². The normalized spacial score (nSPS) is 26.8. The molecule has 1 fully saturated rings. The Kier molecular flexibility index (Phi) is 5.25. The molecule has 3 atom stereocenters. The summed E-state index contributed by atoms with van der Waals surface area (Å²) in [6, 6.07) is 6.10. The summed E-state index contributed by atoms with van der Waals surface area (Å²) in [4.78, 5) is 0. The molecule has 0 radical (unpaired) electrons. The van der Waals surface area contributed by atoms with E-state index >= 15 is 0 Å². The van der Waals surface area contributed by atoms with Crippen molar-refractivity contribution in [1.29, 1.82) is 0 Å². The molecule has 1 saturated heterocycles. The van der Waals surface area contributed by atoms with Gasteiger partial charge < -0.3 is 19.9 Å². The zero-order valence-electron chi connectivity index (χ0n) is 13.5. The first-order chi connectivity index (χ1) is 9.90. The molecule has 0 aliphatic carbocycles. The zero-order valence-corrected chi connectivity index (χ0v) is 13.5. The Morgan fingerprint density at radius 3 is 2.90 bits per heavy atom. The third-order valence-electron chi connectivity index (χ3n) is 4.40. The minimum atomic E-state index is -0.533. The second-order valence-corrected chi connectivity index (χ2v) is 6.30. The second kappa shape index (κ2) is 6.77. The third kappa shape index (κ3) is 4.19. The molecular weight excluding hydrogens is 266 g/mol. The van der Waals surface area contributed by atoms with Crippen LogP contribution in [0.25, 0.3) is 0 Å². The summed E-state index contributed by atoms with van der Waals surface area (Å²) >= 11 is 0. The first kappa shape index (κ1) is 16.3. The molecule has 0 spiro atoms. The lowest BCUT2D eigenvalue weighted by Gasteiger charge is -2.30. The summed E-state index contributed by atoms with van der Waals surface area (Å²) < 4.78 is 11.3. The molecule has 3 unspecified atom stereocenters.